The van der Waals surface area contributed by atoms with Gasteiger partial charge in [-0.1, -0.05) is 11.8 Å². The van der Waals surface area contributed by atoms with Crippen molar-refractivity contribution in [3.05, 3.63) is 35.7 Å². The van der Waals surface area contributed by atoms with E-state index in [1.54, 1.807) is 22.6 Å². The monoisotopic (exact) mass is 561 g/mol. The van der Waals surface area contributed by atoms with Gasteiger partial charge in [0, 0.05) is 44.1 Å². The highest BCUT2D eigenvalue weighted by atomic mass is 35.5. The summed E-state index contributed by atoms with van der Waals surface area (Å²) in [7, 11) is 1.57. The fraction of sp³-hybridized carbons (Fsp3) is 0.440. The predicted octanol–water partition coefficient (Wildman–Crippen LogP) is 4.10. The number of carbonyl (C=O) groups excluding carboxylic acids is 2. The first kappa shape index (κ1) is 27.6. The smallest absolute Gasteiger partial charge is 0.410 e. The molecule has 11 nitrogen and oxygen atoms in total. The van der Waals surface area contributed by atoms with Gasteiger partial charge in [-0.2, -0.15) is 0 Å². The summed E-state index contributed by atoms with van der Waals surface area (Å²) in [4.78, 5) is 37.9. The van der Waals surface area contributed by atoms with Crippen LogP contribution in [-0.4, -0.2) is 76.4 Å². The molecule has 0 saturated carbocycles. The first-order valence-electron chi connectivity index (χ1n) is 12.0. The van der Waals surface area contributed by atoms with Gasteiger partial charge in [-0.25, -0.2) is 14.8 Å². The fourth-order valence-corrected chi connectivity index (χ4v) is 4.82. The molecule has 1 aliphatic heterocycles. The minimum atomic E-state index is -0.664. The van der Waals surface area contributed by atoms with Crippen molar-refractivity contribution in [3.63, 3.8) is 0 Å². The van der Waals surface area contributed by atoms with E-state index in [0.717, 1.165) is 5.69 Å². The number of hydrogen-bond acceptors (Lipinski definition) is 9. The van der Waals surface area contributed by atoms with E-state index in [2.05, 4.69) is 20.2 Å². The average Bonchev–Trinajstić information content (AvgIpc) is 3.31. The van der Waals surface area contributed by atoms with E-state index in [0.29, 0.717) is 54.1 Å². The van der Waals surface area contributed by atoms with Gasteiger partial charge in [0.25, 0.3) is 5.91 Å². The molecule has 0 unspecified atom stereocenters. The number of benzene rings is 1. The van der Waals surface area contributed by atoms with Crippen LogP contribution in [0.15, 0.2) is 29.6 Å². The normalized spacial score (nSPS) is 14.1. The van der Waals surface area contributed by atoms with Crippen molar-refractivity contribution in [2.75, 3.05) is 49.8 Å². The number of fused-ring (bicyclic) bond motifs is 1. The van der Waals surface area contributed by atoms with E-state index >= 15 is 0 Å². The van der Waals surface area contributed by atoms with Crippen LogP contribution in [0.4, 0.5) is 22.0 Å². The number of nitrogens with one attached hydrogen (secondary N) is 1. The lowest BCUT2D eigenvalue weighted by atomic mass is 10.2. The molecule has 13 heteroatoms. The summed E-state index contributed by atoms with van der Waals surface area (Å²) in [6, 6.07) is 5.72. The van der Waals surface area contributed by atoms with Crippen molar-refractivity contribution in [2.24, 2.45) is 5.73 Å². The number of rotatable bonds is 7. The second-order valence-corrected chi connectivity index (χ2v) is 10.8. The van der Waals surface area contributed by atoms with Crippen molar-refractivity contribution >= 4 is 58.2 Å². The number of anilines is 3. The fourth-order valence-electron chi connectivity index (χ4n) is 4.17. The van der Waals surface area contributed by atoms with E-state index in [9.17, 15) is 9.59 Å². The molecule has 0 spiro atoms. The van der Waals surface area contributed by atoms with Gasteiger partial charge >= 0.3 is 6.09 Å². The predicted molar refractivity (Wildman–Crippen MR) is 149 cm³/mol. The quantitative estimate of drug-likeness (QED) is 0.249. The Labute approximate surface area is 230 Å². The third kappa shape index (κ3) is 5.86. The summed E-state index contributed by atoms with van der Waals surface area (Å²) in [6.45, 7) is 7.98. The van der Waals surface area contributed by atoms with Crippen LogP contribution in [0, 0.1) is 0 Å². The molecule has 4 rings (SSSR count). The minimum Gasteiger partial charge on any atom is -0.494 e. The summed E-state index contributed by atoms with van der Waals surface area (Å²) < 4.78 is 12.9. The van der Waals surface area contributed by atoms with Crippen LogP contribution in [-0.2, 0) is 10.6 Å². The number of halogens is 1. The second kappa shape index (κ2) is 11.2. The van der Waals surface area contributed by atoms with Crippen LogP contribution in [0.25, 0.3) is 5.65 Å². The number of hydrogen-bond donors (Lipinski definition) is 2. The zero-order valence-corrected chi connectivity index (χ0v) is 23.6. The van der Waals surface area contributed by atoms with E-state index < -0.39 is 11.5 Å². The molecule has 1 aromatic carbocycles. The topological polar surface area (TPSA) is 127 Å². The number of imidazole rings is 1. The van der Waals surface area contributed by atoms with Gasteiger partial charge in [0.1, 0.15) is 22.7 Å². The zero-order valence-electron chi connectivity index (χ0n) is 22.1. The number of aromatic nitrogens is 3. The molecule has 3 N–H and O–H groups in total. The number of carbonyl (C=O) groups is 2. The molecule has 1 fully saturated rings. The lowest BCUT2D eigenvalue weighted by Crippen LogP contribution is -2.50. The maximum absolute atomic E-state index is 12.5. The maximum Gasteiger partial charge on any atom is 0.410 e. The summed E-state index contributed by atoms with van der Waals surface area (Å²) in [5, 5.41) is 3.84. The Bertz CT molecular complexity index is 1350. The van der Waals surface area contributed by atoms with E-state index in [1.165, 1.54) is 11.8 Å². The molecule has 0 aliphatic carbocycles. The SMILES string of the molecule is COc1cc(N2CCN(C(=O)OC(C)(C)C)CC2)ccc1Nc1nc(SC)n2cc(CCl)nc2c1C(N)=O. The molecule has 3 heterocycles. The van der Waals surface area contributed by atoms with Crippen LogP contribution in [0.5, 0.6) is 5.75 Å². The third-order valence-corrected chi connectivity index (χ3v) is 6.86. The van der Waals surface area contributed by atoms with Crippen molar-refractivity contribution in [1.29, 1.82) is 0 Å². The molecule has 3 aromatic rings. The number of nitrogens with zero attached hydrogens (tertiary/aromatic N) is 5. The molecule has 0 bridgehead atoms. The number of piperazine rings is 1. The van der Waals surface area contributed by atoms with Crippen molar-refractivity contribution in [3.8, 4) is 5.75 Å². The Morgan fingerprint density at radius 1 is 1.18 bits per heavy atom. The Morgan fingerprint density at radius 2 is 1.89 bits per heavy atom. The van der Waals surface area contributed by atoms with E-state index in [4.69, 9.17) is 26.8 Å². The number of alkyl halides is 1. The molecular formula is C25H32ClN7O4S. The summed E-state index contributed by atoms with van der Waals surface area (Å²) >= 11 is 7.39. The van der Waals surface area contributed by atoms with E-state index in [-0.39, 0.29) is 23.4 Å². The molecule has 2 aromatic heterocycles. The van der Waals surface area contributed by atoms with Gasteiger partial charge in [-0.15, -0.1) is 11.6 Å². The Kier molecular flexibility index (Phi) is 8.12. The van der Waals surface area contributed by atoms with Crippen molar-refractivity contribution in [2.45, 2.75) is 37.4 Å². The van der Waals surface area contributed by atoms with Crippen LogP contribution in [0.2, 0.25) is 0 Å². The lowest BCUT2D eigenvalue weighted by molar-refractivity contribution is 0.0240. The number of amides is 2. The van der Waals surface area contributed by atoms with Gasteiger partial charge in [-0.3, -0.25) is 9.20 Å². The second-order valence-electron chi connectivity index (χ2n) is 9.71. The van der Waals surface area contributed by atoms with Gasteiger partial charge < -0.3 is 30.3 Å². The lowest BCUT2D eigenvalue weighted by Gasteiger charge is -2.37. The zero-order chi connectivity index (χ0) is 27.6. The highest BCUT2D eigenvalue weighted by Crippen LogP contribution is 2.34. The Hall–Kier alpha value is -3.38. The van der Waals surface area contributed by atoms with Gasteiger partial charge in [0.2, 0.25) is 0 Å². The van der Waals surface area contributed by atoms with Crippen LogP contribution < -0.4 is 20.7 Å². The number of nitrogens with two attached hydrogens (primary N) is 1. The minimum absolute atomic E-state index is 0.156. The number of thioether (sulfide) groups is 1. The van der Waals surface area contributed by atoms with Crippen LogP contribution >= 0.6 is 23.4 Å². The Morgan fingerprint density at radius 3 is 2.47 bits per heavy atom. The van der Waals surface area contributed by atoms with Crippen molar-refractivity contribution < 1.29 is 19.1 Å². The van der Waals surface area contributed by atoms with Crippen LogP contribution in [0.1, 0.15) is 36.8 Å². The van der Waals surface area contributed by atoms with Crippen LogP contribution in [0.3, 0.4) is 0 Å². The number of ether oxygens (including phenoxy) is 2. The molecule has 0 radical (unpaired) electrons. The average molecular weight is 562 g/mol. The molecule has 204 valence electrons. The highest BCUT2D eigenvalue weighted by Gasteiger charge is 2.27. The molecule has 0 atom stereocenters. The largest absolute Gasteiger partial charge is 0.494 e. The van der Waals surface area contributed by atoms with Crippen molar-refractivity contribution in [1.82, 2.24) is 19.3 Å². The summed E-state index contributed by atoms with van der Waals surface area (Å²) in [5.41, 5.74) is 7.92. The summed E-state index contributed by atoms with van der Waals surface area (Å²) in [5.74, 6) is 0.364. The molecule has 1 aliphatic rings. The molecule has 1 saturated heterocycles. The van der Waals surface area contributed by atoms with E-state index in [1.807, 2.05) is 45.2 Å². The standard InChI is InChI=1S/C25H32ClN7O4S/c1-25(2,3)37-24(35)32-10-8-31(9-11-32)16-6-7-17(18(12-16)36-4)29-21-19(20(27)34)22-28-15(13-26)14-33(22)23(30-21)38-5/h6-7,12,14,29H,8-11,13H2,1-5H3,(H2,27,34). The van der Waals surface area contributed by atoms with Gasteiger partial charge in [0.05, 0.1) is 24.4 Å². The first-order valence-corrected chi connectivity index (χ1v) is 13.8. The van der Waals surface area contributed by atoms with Gasteiger partial charge in [-0.05, 0) is 39.2 Å². The van der Waals surface area contributed by atoms with Gasteiger partial charge in [0.15, 0.2) is 10.8 Å². The highest BCUT2D eigenvalue weighted by molar-refractivity contribution is 7.98. The third-order valence-electron chi connectivity index (χ3n) is 5.93. The first-order chi connectivity index (χ1) is 18.0. The molecule has 2 amide bonds. The Balaban J connectivity index is 1.58. The number of methoxy groups -OCH3 is 1. The molecule has 38 heavy (non-hydrogen) atoms. The maximum atomic E-state index is 12.5. The number of primary amides is 1. The summed E-state index contributed by atoms with van der Waals surface area (Å²) in [6.07, 6.45) is 3.33. The molecular weight excluding hydrogens is 530 g/mol.